The Morgan fingerprint density at radius 2 is 1.41 bits per heavy atom. The summed E-state index contributed by atoms with van der Waals surface area (Å²) in [6.45, 7) is 8.44. The first kappa shape index (κ1) is 24.7. The predicted molar refractivity (Wildman–Crippen MR) is 98.5 cm³/mol. The summed E-state index contributed by atoms with van der Waals surface area (Å²) in [6.07, 6.45) is 0.776. The summed E-state index contributed by atoms with van der Waals surface area (Å²) in [5.41, 5.74) is -3.98. The molecule has 8 heteroatoms. The van der Waals surface area contributed by atoms with E-state index in [0.29, 0.717) is 12.8 Å². The van der Waals surface area contributed by atoms with Gasteiger partial charge in [-0.2, -0.15) is 20.8 Å². The minimum absolute atomic E-state index is 0.0126. The van der Waals surface area contributed by atoms with Crippen LogP contribution in [0.25, 0.3) is 0 Å². The van der Waals surface area contributed by atoms with Crippen LogP contribution in [0.4, 0.5) is 0 Å². The van der Waals surface area contributed by atoms with Crippen molar-refractivity contribution < 1.29 is 19.4 Å². The van der Waals surface area contributed by atoms with Gasteiger partial charge in [0.15, 0.2) is 16.9 Å². The number of esters is 1. The number of hydrogen-bond acceptors (Lipinski definition) is 8. The van der Waals surface area contributed by atoms with Gasteiger partial charge in [-0.15, -0.1) is 0 Å². The molecule has 150 valence electrons. The van der Waals surface area contributed by atoms with E-state index in [-0.39, 0.29) is 38.1 Å². The third kappa shape index (κ3) is 7.84. The fourth-order valence-corrected chi connectivity index (χ4v) is 2.29. The molecule has 2 unspecified atom stereocenters. The van der Waals surface area contributed by atoms with E-state index in [1.54, 1.807) is 20.8 Å². The third-order valence-corrected chi connectivity index (χ3v) is 4.62. The van der Waals surface area contributed by atoms with E-state index in [2.05, 4.69) is 10.2 Å². The number of nitrogens with zero attached hydrogens (tertiary/aromatic N) is 4. The lowest BCUT2D eigenvalue weighted by atomic mass is 9.86. The highest BCUT2D eigenvalue weighted by Crippen LogP contribution is 2.26. The largest absolute Gasteiger partial charge is 0.466 e. The molecule has 0 saturated heterocycles. The van der Waals surface area contributed by atoms with Crippen molar-refractivity contribution in [1.82, 2.24) is 0 Å². The number of Topliss-reactive ketones (excluding diaryl/α,β-unsaturated/α-hetero) is 1. The molecule has 0 aliphatic rings. The molecular formula is C19H30N4O4. The number of carbonyl (C=O) groups is 2. The Labute approximate surface area is 161 Å². The van der Waals surface area contributed by atoms with Gasteiger partial charge in [0.1, 0.15) is 5.60 Å². The average Bonchev–Trinajstić information content (AvgIpc) is 2.68. The van der Waals surface area contributed by atoms with Crippen LogP contribution in [0.15, 0.2) is 10.2 Å². The van der Waals surface area contributed by atoms with Gasteiger partial charge in [0.2, 0.25) is 0 Å². The monoisotopic (exact) mass is 378 g/mol. The van der Waals surface area contributed by atoms with E-state index < -0.39 is 22.6 Å². The molecule has 0 aliphatic heterocycles. The molecule has 0 aromatic heterocycles. The molecule has 0 aromatic carbocycles. The van der Waals surface area contributed by atoms with Crippen LogP contribution >= 0.6 is 0 Å². The zero-order valence-electron chi connectivity index (χ0n) is 16.9. The maximum atomic E-state index is 12.3. The SMILES string of the molecule is CCOC(=O)CCC(C)(C#N)/N=N/C(C)(C#N)CCC(=O)C(O)(CC)CC. The van der Waals surface area contributed by atoms with Gasteiger partial charge in [0, 0.05) is 12.8 Å². The van der Waals surface area contributed by atoms with Crippen molar-refractivity contribution in [2.24, 2.45) is 10.2 Å². The highest BCUT2D eigenvalue weighted by atomic mass is 16.5. The second-order valence-electron chi connectivity index (χ2n) is 6.94. The first-order chi connectivity index (χ1) is 12.5. The standard InChI is InChI=1S/C19H30N4O4/c1-6-19(26,7-2)15(24)9-11-17(4,13-20)22-23-18(5,14-21)12-10-16(25)27-8-3/h26H,6-12H2,1-5H3/b23-22+. The summed E-state index contributed by atoms with van der Waals surface area (Å²) in [5.74, 6) is -0.768. The molecule has 0 aromatic rings. The molecule has 1 N–H and O–H groups in total. The van der Waals surface area contributed by atoms with Gasteiger partial charge in [-0.3, -0.25) is 9.59 Å². The lowest BCUT2D eigenvalue weighted by Crippen LogP contribution is -2.38. The summed E-state index contributed by atoms with van der Waals surface area (Å²) in [7, 11) is 0. The number of hydrogen-bond donors (Lipinski definition) is 1. The molecule has 0 fully saturated rings. The highest BCUT2D eigenvalue weighted by molar-refractivity contribution is 5.87. The van der Waals surface area contributed by atoms with Crippen LogP contribution in [0.5, 0.6) is 0 Å². The first-order valence-corrected chi connectivity index (χ1v) is 9.21. The molecule has 0 amide bonds. The number of ketones is 1. The Hall–Kier alpha value is -2.32. The van der Waals surface area contributed by atoms with Crippen molar-refractivity contribution in [3.05, 3.63) is 0 Å². The molecule has 0 saturated carbocycles. The second-order valence-corrected chi connectivity index (χ2v) is 6.94. The van der Waals surface area contributed by atoms with Crippen LogP contribution in [0, 0.1) is 22.7 Å². The van der Waals surface area contributed by atoms with Crippen LogP contribution in [0.2, 0.25) is 0 Å². The van der Waals surface area contributed by atoms with E-state index in [9.17, 15) is 25.2 Å². The van der Waals surface area contributed by atoms with Crippen LogP contribution in [-0.2, 0) is 14.3 Å². The summed E-state index contributed by atoms with van der Waals surface area (Å²) in [5, 5.41) is 37.0. The van der Waals surface area contributed by atoms with Gasteiger partial charge in [0.05, 0.1) is 18.7 Å². The normalized spacial score (nSPS) is 16.0. The molecule has 0 heterocycles. The fourth-order valence-electron chi connectivity index (χ4n) is 2.29. The first-order valence-electron chi connectivity index (χ1n) is 9.21. The van der Waals surface area contributed by atoms with Crippen molar-refractivity contribution in [2.45, 2.75) is 89.8 Å². The van der Waals surface area contributed by atoms with Crippen molar-refractivity contribution in [3.8, 4) is 12.1 Å². The van der Waals surface area contributed by atoms with E-state index in [1.807, 2.05) is 12.1 Å². The molecule has 0 spiro atoms. The van der Waals surface area contributed by atoms with Gasteiger partial charge in [0.25, 0.3) is 0 Å². The van der Waals surface area contributed by atoms with Crippen molar-refractivity contribution in [1.29, 1.82) is 10.5 Å². The highest BCUT2D eigenvalue weighted by Gasteiger charge is 2.34. The molecule has 0 rings (SSSR count). The van der Waals surface area contributed by atoms with Crippen LogP contribution in [-0.4, -0.2) is 40.1 Å². The number of azo groups is 1. The maximum Gasteiger partial charge on any atom is 0.305 e. The zero-order chi connectivity index (χ0) is 21.1. The van der Waals surface area contributed by atoms with Gasteiger partial charge >= 0.3 is 5.97 Å². The van der Waals surface area contributed by atoms with Gasteiger partial charge < -0.3 is 9.84 Å². The van der Waals surface area contributed by atoms with Crippen LogP contribution in [0.3, 0.4) is 0 Å². The fraction of sp³-hybridized carbons (Fsp3) is 0.789. The minimum Gasteiger partial charge on any atom is -0.466 e. The van der Waals surface area contributed by atoms with Crippen molar-refractivity contribution in [3.63, 3.8) is 0 Å². The van der Waals surface area contributed by atoms with Crippen LogP contribution in [0.1, 0.15) is 73.1 Å². The number of rotatable bonds is 12. The van der Waals surface area contributed by atoms with Crippen molar-refractivity contribution in [2.75, 3.05) is 6.61 Å². The Kier molecular flexibility index (Phi) is 9.82. The molecule has 0 radical (unpaired) electrons. The Balaban J connectivity index is 5.09. The summed E-state index contributed by atoms with van der Waals surface area (Å²) in [4.78, 5) is 23.7. The Morgan fingerprint density at radius 3 is 1.78 bits per heavy atom. The van der Waals surface area contributed by atoms with Gasteiger partial charge in [-0.05, 0) is 46.5 Å². The number of carbonyl (C=O) groups excluding carboxylic acids is 2. The summed E-state index contributed by atoms with van der Waals surface area (Å²) >= 11 is 0. The topological polar surface area (TPSA) is 136 Å². The van der Waals surface area contributed by atoms with Crippen molar-refractivity contribution >= 4 is 11.8 Å². The Bertz CT molecular complexity index is 631. The Morgan fingerprint density at radius 1 is 0.963 bits per heavy atom. The number of nitriles is 2. The van der Waals surface area contributed by atoms with E-state index >= 15 is 0 Å². The quantitative estimate of drug-likeness (QED) is 0.409. The van der Waals surface area contributed by atoms with Gasteiger partial charge in [-0.25, -0.2) is 0 Å². The number of aliphatic hydroxyl groups is 1. The zero-order valence-corrected chi connectivity index (χ0v) is 16.9. The smallest absolute Gasteiger partial charge is 0.305 e. The molecule has 8 nitrogen and oxygen atoms in total. The van der Waals surface area contributed by atoms with E-state index in [0.717, 1.165) is 0 Å². The van der Waals surface area contributed by atoms with E-state index in [4.69, 9.17) is 4.74 Å². The maximum absolute atomic E-state index is 12.3. The van der Waals surface area contributed by atoms with E-state index in [1.165, 1.54) is 13.8 Å². The average molecular weight is 378 g/mol. The lowest BCUT2D eigenvalue weighted by molar-refractivity contribution is -0.143. The van der Waals surface area contributed by atoms with Crippen LogP contribution < -0.4 is 0 Å². The summed E-state index contributed by atoms with van der Waals surface area (Å²) in [6, 6.07) is 4.00. The minimum atomic E-state index is -1.39. The molecular weight excluding hydrogens is 348 g/mol. The summed E-state index contributed by atoms with van der Waals surface area (Å²) < 4.78 is 4.83. The third-order valence-electron chi connectivity index (χ3n) is 4.62. The molecule has 0 bridgehead atoms. The lowest BCUT2D eigenvalue weighted by Gasteiger charge is -2.25. The molecule has 2 atom stereocenters. The second kappa shape index (κ2) is 10.7. The molecule has 27 heavy (non-hydrogen) atoms. The molecule has 0 aliphatic carbocycles. The van der Waals surface area contributed by atoms with Gasteiger partial charge in [-0.1, -0.05) is 13.8 Å². The number of ether oxygens (including phenoxy) is 1. The predicted octanol–water partition coefficient (Wildman–Crippen LogP) is 3.25.